The summed E-state index contributed by atoms with van der Waals surface area (Å²) in [5.74, 6) is 0. The predicted molar refractivity (Wildman–Crippen MR) is 119 cm³/mol. The van der Waals surface area contributed by atoms with Gasteiger partial charge in [-0.1, -0.05) is 36.6 Å². The molecule has 0 saturated carbocycles. The molecule has 0 unspecified atom stereocenters. The van der Waals surface area contributed by atoms with Crippen LogP contribution in [0.1, 0.15) is 12.8 Å². The Morgan fingerprint density at radius 2 is 1.60 bits per heavy atom. The van der Waals surface area contributed by atoms with E-state index < -0.39 is 19.9 Å². The van der Waals surface area contributed by atoms with Crippen molar-refractivity contribution < 1.29 is 18.3 Å². The normalized spacial score (nSPS) is 16.5. The number of anilines is 1. The zero-order valence-corrected chi connectivity index (χ0v) is 17.6. The maximum Gasteiger partial charge on any atom is 0.269 e. The van der Waals surface area contributed by atoms with Gasteiger partial charge in [0.2, 0.25) is 0 Å². The maximum absolute atomic E-state index is 13.5. The molecule has 0 atom stereocenters. The summed E-state index contributed by atoms with van der Waals surface area (Å²) in [6.07, 6.45) is 7.13. The van der Waals surface area contributed by atoms with Gasteiger partial charge in [0, 0.05) is 29.5 Å². The molecule has 0 aliphatic heterocycles. The third kappa shape index (κ3) is 4.10. The van der Waals surface area contributed by atoms with E-state index in [1.165, 1.54) is 30.4 Å². The van der Waals surface area contributed by atoms with Crippen LogP contribution in [-0.4, -0.2) is 28.0 Å². The lowest BCUT2D eigenvalue weighted by Crippen LogP contribution is -2.37. The minimum Gasteiger partial charge on any atom is -0.259 e. The van der Waals surface area contributed by atoms with Gasteiger partial charge < -0.3 is 0 Å². The van der Waals surface area contributed by atoms with Gasteiger partial charge in [0.05, 0.1) is 32.5 Å². The largest absolute Gasteiger partial charge is 0.269 e. The molecule has 154 valence electrons. The maximum atomic E-state index is 13.5. The van der Waals surface area contributed by atoms with E-state index in [9.17, 15) is 28.6 Å². The Balaban J connectivity index is 2.19. The number of nitro benzene ring substituents is 1. The van der Waals surface area contributed by atoms with Crippen LogP contribution in [0.5, 0.6) is 0 Å². The van der Waals surface area contributed by atoms with Gasteiger partial charge in [0.15, 0.2) is 0 Å². The van der Waals surface area contributed by atoms with Crippen LogP contribution >= 0.6 is 24.4 Å². The fourth-order valence-corrected chi connectivity index (χ4v) is 5.35. The van der Waals surface area contributed by atoms with E-state index in [1.54, 1.807) is 12.2 Å². The third-order valence-electron chi connectivity index (χ3n) is 4.29. The number of nitrogens with zero attached hydrogens (tertiary/aromatic N) is 3. The van der Waals surface area contributed by atoms with Crippen molar-refractivity contribution in [2.75, 3.05) is 4.31 Å². The molecule has 0 aromatic heterocycles. The minimum absolute atomic E-state index is 0.0442. The van der Waals surface area contributed by atoms with E-state index in [-0.39, 0.29) is 50.2 Å². The van der Waals surface area contributed by atoms with E-state index in [2.05, 4.69) is 0 Å². The van der Waals surface area contributed by atoms with Crippen molar-refractivity contribution in [1.82, 2.24) is 0 Å². The van der Waals surface area contributed by atoms with E-state index in [0.717, 1.165) is 16.4 Å². The van der Waals surface area contributed by atoms with Crippen LogP contribution in [0.3, 0.4) is 0 Å². The summed E-state index contributed by atoms with van der Waals surface area (Å²) < 4.78 is 28.0. The van der Waals surface area contributed by atoms with Crippen molar-refractivity contribution in [3.8, 4) is 0 Å². The van der Waals surface area contributed by atoms with Crippen molar-refractivity contribution in [1.29, 1.82) is 0 Å². The quantitative estimate of drug-likeness (QED) is 0.355. The van der Waals surface area contributed by atoms with Crippen LogP contribution in [0.4, 0.5) is 11.4 Å². The highest BCUT2D eigenvalue weighted by Gasteiger charge is 2.36. The van der Waals surface area contributed by atoms with E-state index in [1.807, 2.05) is 0 Å². The first kappa shape index (κ1) is 21.6. The summed E-state index contributed by atoms with van der Waals surface area (Å²) in [7, 11) is -4.25. The first-order chi connectivity index (χ1) is 14.1. The summed E-state index contributed by atoms with van der Waals surface area (Å²) in [5.41, 5.74) is -0.254. The molecule has 0 saturated heterocycles. The van der Waals surface area contributed by atoms with Crippen molar-refractivity contribution in [2.45, 2.75) is 12.8 Å². The van der Waals surface area contributed by atoms with Crippen LogP contribution in [0, 0.1) is 20.2 Å². The van der Waals surface area contributed by atoms with Crippen LogP contribution in [-0.2, 0) is 10.0 Å². The second-order valence-corrected chi connectivity index (χ2v) is 8.94. The van der Waals surface area contributed by atoms with Gasteiger partial charge >= 0.3 is 0 Å². The molecule has 0 bridgehead atoms. The van der Waals surface area contributed by atoms with Crippen LogP contribution in [0.25, 0.3) is 0 Å². The average molecular weight is 464 g/mol. The number of rotatable bonds is 6. The standard InChI is InChI=1S/C18H13N3O6S3/c22-20(23)13-7-5-12(6-8-13)19(15-10-9-14(21(24)25)11-17(15)29)30(26,27)18-4-2-1-3-16(18)28/h1-2,4-10H,3,11H2. The summed E-state index contributed by atoms with van der Waals surface area (Å²) in [4.78, 5) is 21.0. The fraction of sp³-hybridized carbons (Fsp3) is 0.111. The first-order valence-corrected chi connectivity index (χ1v) is 10.7. The lowest BCUT2D eigenvalue weighted by Gasteiger charge is -2.29. The molecule has 2 aliphatic rings. The summed E-state index contributed by atoms with van der Waals surface area (Å²) in [6, 6.07) is 4.87. The highest BCUT2D eigenvalue weighted by Crippen LogP contribution is 2.34. The molecule has 30 heavy (non-hydrogen) atoms. The van der Waals surface area contributed by atoms with Gasteiger partial charge in [-0.05, 0) is 24.3 Å². The van der Waals surface area contributed by atoms with Crippen LogP contribution < -0.4 is 4.31 Å². The molecule has 0 fully saturated rings. The molecular formula is C18H13N3O6S3. The van der Waals surface area contributed by atoms with Gasteiger partial charge in [-0.25, -0.2) is 12.7 Å². The number of nitro groups is 2. The van der Waals surface area contributed by atoms with Crippen LogP contribution in [0.15, 0.2) is 70.9 Å². The number of allylic oxidation sites excluding steroid dienone is 8. The first-order valence-electron chi connectivity index (χ1n) is 8.41. The molecule has 3 rings (SSSR count). The minimum atomic E-state index is -4.25. The predicted octanol–water partition coefficient (Wildman–Crippen LogP) is 3.76. The summed E-state index contributed by atoms with van der Waals surface area (Å²) >= 11 is 10.5. The molecule has 1 aromatic carbocycles. The highest BCUT2D eigenvalue weighted by molar-refractivity contribution is 7.99. The number of benzene rings is 1. The van der Waals surface area contributed by atoms with Crippen molar-refractivity contribution in [3.05, 3.63) is 91.2 Å². The molecule has 2 aliphatic carbocycles. The Morgan fingerprint density at radius 1 is 0.933 bits per heavy atom. The lowest BCUT2D eigenvalue weighted by atomic mass is 10.1. The van der Waals surface area contributed by atoms with E-state index in [4.69, 9.17) is 24.4 Å². The Hall–Kier alpha value is -3.09. The van der Waals surface area contributed by atoms with Gasteiger partial charge in [-0.3, -0.25) is 20.2 Å². The molecule has 1 aromatic rings. The number of thiocarbonyl (C=S) groups is 2. The third-order valence-corrected chi connectivity index (χ3v) is 6.99. The molecule has 0 N–H and O–H groups in total. The molecule has 12 heteroatoms. The second kappa shape index (κ2) is 8.34. The highest BCUT2D eigenvalue weighted by atomic mass is 32.2. The Bertz CT molecular complexity index is 1190. The molecule has 0 heterocycles. The van der Waals surface area contributed by atoms with Gasteiger partial charge in [0.1, 0.15) is 4.91 Å². The van der Waals surface area contributed by atoms with Gasteiger partial charge in [-0.2, -0.15) is 0 Å². The fourth-order valence-electron chi connectivity index (χ4n) is 2.86. The molecule has 0 amide bonds. The van der Waals surface area contributed by atoms with Gasteiger partial charge in [0.25, 0.3) is 21.4 Å². The van der Waals surface area contributed by atoms with Crippen molar-refractivity contribution in [3.63, 3.8) is 0 Å². The lowest BCUT2D eigenvalue weighted by molar-refractivity contribution is -0.426. The second-order valence-electron chi connectivity index (χ2n) is 6.20. The average Bonchev–Trinajstić information content (AvgIpc) is 2.69. The SMILES string of the molecule is O=[N+]([O-])C1=CC=C(N(c2ccc([N+](=O)[O-])cc2)S(=O)(=O)C2=CC=CCC2=S)C(=S)C1. The summed E-state index contributed by atoms with van der Waals surface area (Å²) in [5, 5.41) is 22.0. The zero-order chi connectivity index (χ0) is 22.1. The van der Waals surface area contributed by atoms with E-state index in [0.29, 0.717) is 0 Å². The molecule has 0 radical (unpaired) electrons. The van der Waals surface area contributed by atoms with Gasteiger partial charge in [-0.15, -0.1) is 0 Å². The van der Waals surface area contributed by atoms with Crippen molar-refractivity contribution >= 4 is 55.6 Å². The Labute approximate surface area is 182 Å². The summed E-state index contributed by atoms with van der Waals surface area (Å²) in [6.45, 7) is 0. The number of non-ortho nitro benzene ring substituents is 1. The Morgan fingerprint density at radius 3 is 2.13 bits per heavy atom. The molecule has 0 spiro atoms. The number of hydrogen-bond donors (Lipinski definition) is 0. The Kier molecular flexibility index (Phi) is 6.01. The zero-order valence-electron chi connectivity index (χ0n) is 15.1. The number of hydrogen-bond acceptors (Lipinski definition) is 8. The van der Waals surface area contributed by atoms with Crippen LogP contribution in [0.2, 0.25) is 0 Å². The van der Waals surface area contributed by atoms with Crippen molar-refractivity contribution in [2.24, 2.45) is 0 Å². The number of sulfonamides is 1. The monoisotopic (exact) mass is 463 g/mol. The molecule has 9 nitrogen and oxygen atoms in total. The topological polar surface area (TPSA) is 124 Å². The smallest absolute Gasteiger partial charge is 0.259 e. The molecular weight excluding hydrogens is 450 g/mol. The van der Waals surface area contributed by atoms with E-state index >= 15 is 0 Å².